The fourth-order valence-electron chi connectivity index (χ4n) is 3.63. The highest BCUT2D eigenvalue weighted by Gasteiger charge is 2.51. The molecular weight excluding hydrogens is 450 g/mol. The van der Waals surface area contributed by atoms with Gasteiger partial charge in [0.25, 0.3) is 0 Å². The highest BCUT2D eigenvalue weighted by Crippen LogP contribution is 2.36. The van der Waals surface area contributed by atoms with Gasteiger partial charge in [0.1, 0.15) is 0 Å². The summed E-state index contributed by atoms with van der Waals surface area (Å²) >= 11 is 0. The molecule has 0 saturated carbocycles. The van der Waals surface area contributed by atoms with Crippen molar-refractivity contribution < 1.29 is 19.1 Å². The SMILES string of the molecule is CC(C)(O)C(C)(C)OBc1ccc(-c2ccc(-c3ccc(B4OC(C)(C)C(C)(C)O4)cn3)cc2)nc1. The van der Waals surface area contributed by atoms with Crippen LogP contribution in [0.2, 0.25) is 0 Å². The van der Waals surface area contributed by atoms with Crippen molar-refractivity contribution in [1.82, 2.24) is 9.97 Å². The van der Waals surface area contributed by atoms with Gasteiger partial charge in [-0.25, -0.2) is 0 Å². The minimum Gasteiger partial charge on any atom is -0.427 e. The number of hydrogen-bond donors (Lipinski definition) is 1. The van der Waals surface area contributed by atoms with Crippen LogP contribution in [-0.2, 0) is 14.0 Å². The monoisotopic (exact) mass is 486 g/mol. The maximum Gasteiger partial charge on any atom is 0.496 e. The molecule has 2 aromatic heterocycles. The van der Waals surface area contributed by atoms with Crippen LogP contribution in [0.4, 0.5) is 0 Å². The molecule has 0 bridgehead atoms. The van der Waals surface area contributed by atoms with Crippen LogP contribution >= 0.6 is 0 Å². The predicted octanol–water partition coefficient (Wildman–Crippen LogP) is 3.65. The van der Waals surface area contributed by atoms with E-state index in [0.717, 1.165) is 33.4 Å². The fourth-order valence-corrected chi connectivity index (χ4v) is 3.63. The standard InChI is InChI=1S/C28H36B2N2O4/c1-25(2,33)26(3,4)34-29-21-13-15-23(31-17-21)19-9-11-20(12-10-19)24-16-14-22(18-32-24)30-35-27(5,6)28(7,8)36-30/h9-18,29,33H,1-8H3. The third-order valence-corrected chi connectivity index (χ3v) is 7.69. The molecule has 188 valence electrons. The molecule has 0 unspecified atom stereocenters. The van der Waals surface area contributed by atoms with E-state index < -0.39 is 18.3 Å². The predicted molar refractivity (Wildman–Crippen MR) is 147 cm³/mol. The summed E-state index contributed by atoms with van der Waals surface area (Å²) < 4.78 is 18.2. The van der Waals surface area contributed by atoms with Crippen LogP contribution in [0.1, 0.15) is 55.4 Å². The molecule has 8 heteroatoms. The van der Waals surface area contributed by atoms with Gasteiger partial charge in [-0.05, 0) is 73.0 Å². The summed E-state index contributed by atoms with van der Waals surface area (Å²) in [4.78, 5) is 9.26. The number of hydrogen-bond acceptors (Lipinski definition) is 6. The van der Waals surface area contributed by atoms with E-state index >= 15 is 0 Å². The van der Waals surface area contributed by atoms with Crippen molar-refractivity contribution in [2.75, 3.05) is 0 Å². The number of nitrogens with zero attached hydrogens (tertiary/aromatic N) is 2. The van der Waals surface area contributed by atoms with E-state index in [1.807, 2.05) is 78.2 Å². The average Bonchev–Trinajstić information content (AvgIpc) is 3.04. The topological polar surface area (TPSA) is 73.7 Å². The first-order chi connectivity index (χ1) is 16.7. The smallest absolute Gasteiger partial charge is 0.427 e. The Morgan fingerprint density at radius 3 is 1.69 bits per heavy atom. The van der Waals surface area contributed by atoms with Crippen LogP contribution in [0.5, 0.6) is 0 Å². The third kappa shape index (κ3) is 5.42. The number of aliphatic hydroxyl groups is 1. The number of aromatic nitrogens is 2. The molecule has 1 aromatic carbocycles. The molecule has 6 nitrogen and oxygen atoms in total. The van der Waals surface area contributed by atoms with Crippen LogP contribution < -0.4 is 10.9 Å². The van der Waals surface area contributed by atoms with Crippen molar-refractivity contribution in [3.63, 3.8) is 0 Å². The molecule has 1 aliphatic rings. The molecule has 0 atom stereocenters. The van der Waals surface area contributed by atoms with Crippen LogP contribution in [0, 0.1) is 0 Å². The summed E-state index contributed by atoms with van der Waals surface area (Å²) in [5.41, 5.74) is 3.33. The summed E-state index contributed by atoms with van der Waals surface area (Å²) in [6, 6.07) is 16.2. The zero-order chi connectivity index (χ0) is 26.4. The van der Waals surface area contributed by atoms with E-state index in [1.54, 1.807) is 13.8 Å². The average molecular weight is 486 g/mol. The quantitative estimate of drug-likeness (QED) is 0.515. The second-order valence-corrected chi connectivity index (χ2v) is 11.6. The molecule has 1 saturated heterocycles. The lowest BCUT2D eigenvalue weighted by atomic mass is 9.80. The van der Waals surface area contributed by atoms with Gasteiger partial charge in [-0.1, -0.05) is 36.4 Å². The summed E-state index contributed by atoms with van der Waals surface area (Å²) in [7, 11) is -0.0313. The van der Waals surface area contributed by atoms with Gasteiger partial charge >= 0.3 is 14.6 Å². The summed E-state index contributed by atoms with van der Waals surface area (Å²) in [6.07, 6.45) is 3.65. The largest absolute Gasteiger partial charge is 0.496 e. The molecule has 3 heterocycles. The van der Waals surface area contributed by atoms with Crippen LogP contribution in [0.25, 0.3) is 22.5 Å². The minimum absolute atomic E-state index is 0.377. The summed E-state index contributed by atoms with van der Waals surface area (Å²) in [6.45, 7) is 15.5. The highest BCUT2D eigenvalue weighted by molar-refractivity contribution is 6.62. The molecule has 0 aliphatic carbocycles. The van der Waals surface area contributed by atoms with Gasteiger partial charge in [0.05, 0.1) is 33.8 Å². The maximum absolute atomic E-state index is 10.3. The molecule has 1 N–H and O–H groups in total. The van der Waals surface area contributed by atoms with E-state index in [0.29, 0.717) is 7.48 Å². The fraction of sp³-hybridized carbons (Fsp3) is 0.429. The Morgan fingerprint density at radius 1 is 0.778 bits per heavy atom. The lowest BCUT2D eigenvalue weighted by molar-refractivity contribution is -0.0893. The lowest BCUT2D eigenvalue weighted by Gasteiger charge is -2.37. The van der Waals surface area contributed by atoms with Crippen molar-refractivity contribution in [1.29, 1.82) is 0 Å². The second kappa shape index (κ2) is 9.42. The molecule has 4 rings (SSSR count). The van der Waals surface area contributed by atoms with Gasteiger partial charge in [0.15, 0.2) is 0 Å². The third-order valence-electron chi connectivity index (χ3n) is 7.69. The zero-order valence-corrected chi connectivity index (χ0v) is 22.6. The lowest BCUT2D eigenvalue weighted by Crippen LogP contribution is -2.49. The minimum atomic E-state index is -0.941. The molecule has 0 amide bonds. The van der Waals surface area contributed by atoms with Crippen molar-refractivity contribution >= 4 is 25.5 Å². The first-order valence-corrected chi connectivity index (χ1v) is 12.4. The maximum atomic E-state index is 10.3. The molecule has 0 radical (unpaired) electrons. The van der Waals surface area contributed by atoms with E-state index in [1.165, 1.54) is 0 Å². The number of rotatable bonds is 7. The van der Waals surface area contributed by atoms with E-state index in [9.17, 15) is 5.11 Å². The van der Waals surface area contributed by atoms with Gasteiger partial charge in [-0.3, -0.25) is 9.97 Å². The van der Waals surface area contributed by atoms with Crippen molar-refractivity contribution in [3.05, 3.63) is 60.9 Å². The molecule has 3 aromatic rings. The van der Waals surface area contributed by atoms with Crippen LogP contribution in [0.15, 0.2) is 60.9 Å². The first-order valence-electron chi connectivity index (χ1n) is 12.4. The highest BCUT2D eigenvalue weighted by atomic mass is 16.7. The number of benzene rings is 1. The zero-order valence-electron chi connectivity index (χ0n) is 22.6. The molecule has 1 fully saturated rings. The Kier molecular flexibility index (Phi) is 6.95. The van der Waals surface area contributed by atoms with E-state index in [4.69, 9.17) is 14.0 Å². The van der Waals surface area contributed by atoms with Gasteiger partial charge < -0.3 is 19.1 Å². The molecule has 1 aliphatic heterocycles. The van der Waals surface area contributed by atoms with Gasteiger partial charge in [-0.15, -0.1) is 0 Å². The van der Waals surface area contributed by atoms with E-state index in [-0.39, 0.29) is 11.2 Å². The molecule has 0 spiro atoms. The number of pyridine rings is 2. The normalized spacial score (nSPS) is 17.3. The van der Waals surface area contributed by atoms with Gasteiger partial charge in [0.2, 0.25) is 0 Å². The van der Waals surface area contributed by atoms with Gasteiger partial charge in [0, 0.05) is 29.0 Å². The van der Waals surface area contributed by atoms with E-state index in [2.05, 4.69) is 34.2 Å². The Balaban J connectivity index is 1.41. The van der Waals surface area contributed by atoms with Crippen molar-refractivity contribution in [3.8, 4) is 22.5 Å². The Labute approximate surface area is 215 Å². The van der Waals surface area contributed by atoms with Gasteiger partial charge in [-0.2, -0.15) is 0 Å². The van der Waals surface area contributed by atoms with Crippen LogP contribution in [0.3, 0.4) is 0 Å². The Hall–Kier alpha value is -2.51. The van der Waals surface area contributed by atoms with Crippen molar-refractivity contribution in [2.45, 2.75) is 77.8 Å². The van der Waals surface area contributed by atoms with Crippen LogP contribution in [-0.4, -0.2) is 52.1 Å². The Morgan fingerprint density at radius 2 is 1.28 bits per heavy atom. The summed E-state index contributed by atoms with van der Waals surface area (Å²) in [5.74, 6) is 0. The molecule has 36 heavy (non-hydrogen) atoms. The molecular formula is C28H36B2N2O4. The van der Waals surface area contributed by atoms with Crippen molar-refractivity contribution in [2.24, 2.45) is 0 Å². The Bertz CT molecular complexity index is 1170. The first kappa shape index (κ1) is 26.6. The summed E-state index contributed by atoms with van der Waals surface area (Å²) in [5, 5.41) is 10.3. The second-order valence-electron chi connectivity index (χ2n) is 11.6.